The maximum Gasteiger partial charge on any atom is 0.130 e. The van der Waals surface area contributed by atoms with Crippen LogP contribution in [-0.2, 0) is 4.79 Å². The van der Waals surface area contributed by atoms with Gasteiger partial charge in [-0.2, -0.15) is 0 Å². The van der Waals surface area contributed by atoms with Crippen LogP contribution in [0.1, 0.15) is 65.2 Å². The van der Waals surface area contributed by atoms with E-state index >= 15 is 0 Å². The van der Waals surface area contributed by atoms with Gasteiger partial charge in [0.15, 0.2) is 0 Å². The lowest BCUT2D eigenvalue weighted by atomic mass is 10.0. The molecule has 0 spiro atoms. The molecule has 1 heteroatoms. The Kier molecular flexibility index (Phi) is 8.61. The Balaban J connectivity index is 3.22. The highest BCUT2D eigenvalue weighted by atomic mass is 16.1. The van der Waals surface area contributed by atoms with Crippen LogP contribution in [0.2, 0.25) is 0 Å². The molecule has 0 atom stereocenters. The van der Waals surface area contributed by atoms with Crippen molar-refractivity contribution in [1.29, 1.82) is 0 Å². The van der Waals surface area contributed by atoms with Crippen LogP contribution in [0.25, 0.3) is 0 Å². The van der Waals surface area contributed by atoms with Crippen molar-refractivity contribution in [2.24, 2.45) is 0 Å². The lowest BCUT2D eigenvalue weighted by Crippen LogP contribution is -1.91. The van der Waals surface area contributed by atoms with E-state index < -0.39 is 0 Å². The van der Waals surface area contributed by atoms with Gasteiger partial charge in [-0.15, -0.1) is 0 Å². The number of carbonyl (C=O) groups is 1. The minimum Gasteiger partial charge on any atom is -0.300 e. The smallest absolute Gasteiger partial charge is 0.130 e. The third kappa shape index (κ3) is 9.50. The van der Waals surface area contributed by atoms with Crippen LogP contribution >= 0.6 is 0 Å². The quantitative estimate of drug-likeness (QED) is 0.397. The summed E-state index contributed by atoms with van der Waals surface area (Å²) in [5.41, 5.74) is 1.25. The third-order valence-electron chi connectivity index (χ3n) is 2.46. The summed E-state index contributed by atoms with van der Waals surface area (Å²) in [5, 5.41) is 0. The predicted molar refractivity (Wildman–Crippen MR) is 62.4 cm³/mol. The van der Waals surface area contributed by atoms with E-state index in [1.165, 1.54) is 37.7 Å². The molecule has 0 radical (unpaired) electrons. The number of hydrogen-bond acceptors (Lipinski definition) is 1. The van der Waals surface area contributed by atoms with Gasteiger partial charge in [0.05, 0.1) is 0 Å². The summed E-state index contributed by atoms with van der Waals surface area (Å²) in [6.45, 7) is 7.87. The molecule has 0 saturated carbocycles. The summed E-state index contributed by atoms with van der Waals surface area (Å²) in [4.78, 5) is 10.7. The van der Waals surface area contributed by atoms with Gasteiger partial charge in [0.25, 0.3) is 0 Å². The van der Waals surface area contributed by atoms with Crippen molar-refractivity contribution in [2.45, 2.75) is 65.2 Å². The number of allylic oxidation sites excluding steroid dienone is 1. The maximum absolute atomic E-state index is 10.7. The van der Waals surface area contributed by atoms with Crippen molar-refractivity contribution in [2.75, 3.05) is 0 Å². The van der Waals surface area contributed by atoms with Crippen LogP contribution in [0.5, 0.6) is 0 Å². The molecule has 0 aliphatic rings. The first-order valence-corrected chi connectivity index (χ1v) is 5.83. The first-order valence-electron chi connectivity index (χ1n) is 5.83. The molecule has 0 aliphatic heterocycles. The zero-order chi connectivity index (χ0) is 10.8. The zero-order valence-corrected chi connectivity index (χ0v) is 9.77. The molecule has 0 aliphatic carbocycles. The van der Waals surface area contributed by atoms with Crippen LogP contribution < -0.4 is 0 Å². The summed E-state index contributed by atoms with van der Waals surface area (Å²) >= 11 is 0. The zero-order valence-electron chi connectivity index (χ0n) is 9.77. The molecule has 1 nitrogen and oxygen atoms in total. The van der Waals surface area contributed by atoms with E-state index in [1.807, 2.05) is 0 Å². The van der Waals surface area contributed by atoms with E-state index in [4.69, 9.17) is 0 Å². The lowest BCUT2D eigenvalue weighted by molar-refractivity contribution is -0.116. The predicted octanol–water partition coefficient (Wildman–Crippen LogP) is 4.27. The molecule has 0 fully saturated rings. The van der Waals surface area contributed by atoms with Crippen LogP contribution in [-0.4, -0.2) is 5.78 Å². The van der Waals surface area contributed by atoms with Gasteiger partial charge in [0.1, 0.15) is 5.78 Å². The van der Waals surface area contributed by atoms with Gasteiger partial charge in [-0.25, -0.2) is 0 Å². The standard InChI is InChI=1S/C13H24O/c1-4-5-6-7-8-9-12(2)10-11-13(3)14/h2,4-11H2,1,3H3. The molecule has 0 unspecified atom stereocenters. The van der Waals surface area contributed by atoms with Crippen molar-refractivity contribution in [3.63, 3.8) is 0 Å². The van der Waals surface area contributed by atoms with Crippen molar-refractivity contribution in [3.8, 4) is 0 Å². The second kappa shape index (κ2) is 8.98. The highest BCUT2D eigenvalue weighted by Crippen LogP contribution is 2.13. The molecule has 0 aromatic rings. The average molecular weight is 196 g/mol. The Morgan fingerprint density at radius 1 is 1.00 bits per heavy atom. The average Bonchev–Trinajstić information content (AvgIpc) is 2.14. The van der Waals surface area contributed by atoms with Gasteiger partial charge in [0, 0.05) is 6.42 Å². The molecule has 0 amide bonds. The van der Waals surface area contributed by atoms with Crippen molar-refractivity contribution >= 4 is 5.78 Å². The Hall–Kier alpha value is -0.590. The fourth-order valence-corrected chi connectivity index (χ4v) is 1.46. The molecule has 82 valence electrons. The largest absolute Gasteiger partial charge is 0.300 e. The lowest BCUT2D eigenvalue weighted by Gasteiger charge is -2.03. The number of hydrogen-bond donors (Lipinski definition) is 0. The van der Waals surface area contributed by atoms with E-state index in [2.05, 4.69) is 13.5 Å². The van der Waals surface area contributed by atoms with Crippen LogP contribution in [0.3, 0.4) is 0 Å². The SMILES string of the molecule is C=C(CCCCCCC)CCC(C)=O. The van der Waals surface area contributed by atoms with Gasteiger partial charge in [0.2, 0.25) is 0 Å². The summed E-state index contributed by atoms with van der Waals surface area (Å²) in [7, 11) is 0. The van der Waals surface area contributed by atoms with Crippen LogP contribution in [0.4, 0.5) is 0 Å². The number of carbonyl (C=O) groups excluding carboxylic acids is 1. The minimum atomic E-state index is 0.275. The van der Waals surface area contributed by atoms with Gasteiger partial charge < -0.3 is 4.79 Å². The molecule has 0 rings (SSSR count). The van der Waals surface area contributed by atoms with Gasteiger partial charge in [-0.1, -0.05) is 44.8 Å². The first kappa shape index (κ1) is 13.4. The number of unbranched alkanes of at least 4 members (excludes halogenated alkanes) is 4. The highest BCUT2D eigenvalue weighted by Gasteiger charge is 1.98. The summed E-state index contributed by atoms with van der Waals surface area (Å²) in [6, 6.07) is 0. The number of ketones is 1. The fourth-order valence-electron chi connectivity index (χ4n) is 1.46. The van der Waals surface area contributed by atoms with Crippen LogP contribution in [0.15, 0.2) is 12.2 Å². The Labute approximate surface area is 88.6 Å². The van der Waals surface area contributed by atoms with E-state index in [0.717, 1.165) is 12.8 Å². The topological polar surface area (TPSA) is 17.1 Å². The summed E-state index contributed by atoms with van der Waals surface area (Å²) < 4.78 is 0. The second-order valence-electron chi connectivity index (χ2n) is 4.12. The van der Waals surface area contributed by atoms with E-state index in [-0.39, 0.29) is 5.78 Å². The van der Waals surface area contributed by atoms with Gasteiger partial charge in [-0.3, -0.25) is 0 Å². The molecular formula is C13H24O. The molecular weight excluding hydrogens is 172 g/mol. The van der Waals surface area contributed by atoms with E-state index in [0.29, 0.717) is 6.42 Å². The molecule has 14 heavy (non-hydrogen) atoms. The van der Waals surface area contributed by atoms with Crippen LogP contribution in [0, 0.1) is 0 Å². The Bertz CT molecular complexity index is 170. The second-order valence-corrected chi connectivity index (χ2v) is 4.12. The minimum absolute atomic E-state index is 0.275. The molecule has 0 heterocycles. The van der Waals surface area contributed by atoms with E-state index in [9.17, 15) is 4.79 Å². The number of rotatable bonds is 9. The summed E-state index contributed by atoms with van der Waals surface area (Å²) in [5.74, 6) is 0.275. The summed E-state index contributed by atoms with van der Waals surface area (Å²) in [6.07, 6.45) is 9.22. The molecule has 0 N–H and O–H groups in total. The van der Waals surface area contributed by atoms with Crippen molar-refractivity contribution in [1.82, 2.24) is 0 Å². The highest BCUT2D eigenvalue weighted by molar-refractivity contribution is 5.75. The molecule has 0 aromatic carbocycles. The number of Topliss-reactive ketones (excluding diaryl/α,β-unsaturated/α-hetero) is 1. The maximum atomic E-state index is 10.7. The van der Waals surface area contributed by atoms with Crippen molar-refractivity contribution < 1.29 is 4.79 Å². The van der Waals surface area contributed by atoms with Gasteiger partial charge in [-0.05, 0) is 26.2 Å². The third-order valence-corrected chi connectivity index (χ3v) is 2.46. The monoisotopic (exact) mass is 196 g/mol. The Morgan fingerprint density at radius 3 is 2.21 bits per heavy atom. The molecule has 0 bridgehead atoms. The molecule has 0 saturated heterocycles. The van der Waals surface area contributed by atoms with Crippen molar-refractivity contribution in [3.05, 3.63) is 12.2 Å². The first-order chi connectivity index (χ1) is 6.66. The fraction of sp³-hybridized carbons (Fsp3) is 0.769. The normalized spacial score (nSPS) is 10.1. The Morgan fingerprint density at radius 2 is 1.64 bits per heavy atom. The van der Waals surface area contributed by atoms with E-state index in [1.54, 1.807) is 6.92 Å². The molecule has 0 aromatic heterocycles. The van der Waals surface area contributed by atoms with Gasteiger partial charge >= 0.3 is 0 Å².